The number of ether oxygens (including phenoxy) is 1. The summed E-state index contributed by atoms with van der Waals surface area (Å²) in [7, 11) is 0. The molecule has 0 radical (unpaired) electrons. The third-order valence-corrected chi connectivity index (χ3v) is 4.47. The molecule has 1 N–H and O–H groups in total. The lowest BCUT2D eigenvalue weighted by molar-refractivity contribution is 0.272. The Bertz CT molecular complexity index is 1110. The molecular formula is C24H22N4O. The number of rotatable bonds is 7. The van der Waals surface area contributed by atoms with Crippen molar-refractivity contribution in [2.24, 2.45) is 0 Å². The summed E-state index contributed by atoms with van der Waals surface area (Å²) < 4.78 is 5.32. The molecular weight excluding hydrogens is 360 g/mol. The zero-order valence-electron chi connectivity index (χ0n) is 16.2. The number of fused-ring (bicyclic) bond motifs is 1. The van der Waals surface area contributed by atoms with Gasteiger partial charge in [-0.05, 0) is 36.2 Å². The molecule has 0 amide bonds. The Morgan fingerprint density at radius 2 is 1.79 bits per heavy atom. The molecule has 2 aromatic heterocycles. The van der Waals surface area contributed by atoms with E-state index in [1.807, 2.05) is 55.5 Å². The average Bonchev–Trinajstić information content (AvgIpc) is 2.78. The van der Waals surface area contributed by atoms with E-state index in [4.69, 9.17) is 14.7 Å². The van der Waals surface area contributed by atoms with E-state index in [2.05, 4.69) is 28.5 Å². The Kier molecular flexibility index (Phi) is 5.76. The van der Waals surface area contributed by atoms with E-state index in [-0.39, 0.29) is 0 Å². The summed E-state index contributed by atoms with van der Waals surface area (Å²) in [6.07, 6.45) is 5.20. The third-order valence-electron chi connectivity index (χ3n) is 4.47. The Morgan fingerprint density at radius 1 is 0.931 bits per heavy atom. The number of nitrogens with zero attached hydrogens (tertiary/aromatic N) is 3. The molecule has 5 heteroatoms. The number of benzene rings is 2. The van der Waals surface area contributed by atoms with Crippen LogP contribution in [0.1, 0.15) is 18.4 Å². The molecule has 0 saturated carbocycles. The second-order valence-electron chi connectivity index (χ2n) is 6.43. The molecule has 0 aliphatic carbocycles. The fourth-order valence-electron chi connectivity index (χ4n) is 3.14. The molecule has 4 aromatic rings. The SMILES string of the molecule is CCOC=Cc1nc(NCc2ccccn2)c2c(-c3ccccc3)cccc2n1. The standard InChI is InChI=1S/C24H22N4O/c1-2-29-16-14-22-27-21-13-8-12-20(18-9-4-3-5-10-18)23(21)24(28-22)26-17-19-11-6-7-15-25-19/h3-16H,2,17H2,1H3,(H,26,27,28). The van der Waals surface area contributed by atoms with Crippen molar-refractivity contribution in [3.05, 3.63) is 90.7 Å². The Morgan fingerprint density at radius 3 is 2.59 bits per heavy atom. The quantitative estimate of drug-likeness (QED) is 0.439. The number of aromatic nitrogens is 3. The Hall–Kier alpha value is -3.73. The lowest BCUT2D eigenvalue weighted by atomic mass is 10.0. The molecule has 0 atom stereocenters. The normalized spacial score (nSPS) is 11.1. The predicted molar refractivity (Wildman–Crippen MR) is 117 cm³/mol. The second-order valence-corrected chi connectivity index (χ2v) is 6.43. The molecule has 0 saturated heterocycles. The van der Waals surface area contributed by atoms with Gasteiger partial charge < -0.3 is 10.1 Å². The molecule has 29 heavy (non-hydrogen) atoms. The first-order valence-electron chi connectivity index (χ1n) is 9.63. The van der Waals surface area contributed by atoms with E-state index < -0.39 is 0 Å². The summed E-state index contributed by atoms with van der Waals surface area (Å²) in [6, 6.07) is 22.3. The summed E-state index contributed by atoms with van der Waals surface area (Å²) in [4.78, 5) is 13.9. The van der Waals surface area contributed by atoms with Crippen LogP contribution in [0, 0.1) is 0 Å². The maximum absolute atomic E-state index is 5.32. The molecule has 0 bridgehead atoms. The van der Waals surface area contributed by atoms with Crippen molar-refractivity contribution in [1.82, 2.24) is 15.0 Å². The zero-order valence-corrected chi connectivity index (χ0v) is 16.2. The highest BCUT2D eigenvalue weighted by Gasteiger charge is 2.12. The zero-order chi connectivity index (χ0) is 19.9. The maximum Gasteiger partial charge on any atom is 0.158 e. The van der Waals surface area contributed by atoms with Crippen molar-refractivity contribution < 1.29 is 4.74 Å². The van der Waals surface area contributed by atoms with E-state index >= 15 is 0 Å². The van der Waals surface area contributed by atoms with Crippen LogP contribution in [0.3, 0.4) is 0 Å². The second kappa shape index (κ2) is 8.97. The van der Waals surface area contributed by atoms with Gasteiger partial charge in [0.2, 0.25) is 0 Å². The van der Waals surface area contributed by atoms with Gasteiger partial charge in [-0.15, -0.1) is 0 Å². The monoisotopic (exact) mass is 382 g/mol. The van der Waals surface area contributed by atoms with Crippen LogP contribution in [-0.2, 0) is 11.3 Å². The summed E-state index contributed by atoms with van der Waals surface area (Å²) in [6.45, 7) is 3.12. The number of hydrogen-bond donors (Lipinski definition) is 1. The van der Waals surface area contributed by atoms with Crippen LogP contribution in [0.15, 0.2) is 79.2 Å². The number of pyridine rings is 1. The lowest BCUT2D eigenvalue weighted by Crippen LogP contribution is -2.06. The van der Waals surface area contributed by atoms with Crippen molar-refractivity contribution in [3.63, 3.8) is 0 Å². The first kappa shape index (κ1) is 18.6. The molecule has 0 aliphatic heterocycles. The molecule has 4 rings (SSSR count). The van der Waals surface area contributed by atoms with Crippen LogP contribution >= 0.6 is 0 Å². The van der Waals surface area contributed by atoms with Crippen LogP contribution in [0.4, 0.5) is 5.82 Å². The van der Waals surface area contributed by atoms with Gasteiger partial charge in [0.1, 0.15) is 5.82 Å². The van der Waals surface area contributed by atoms with Crippen molar-refractivity contribution >= 4 is 22.8 Å². The van der Waals surface area contributed by atoms with Crippen LogP contribution in [-0.4, -0.2) is 21.6 Å². The van der Waals surface area contributed by atoms with Gasteiger partial charge in [0.15, 0.2) is 5.82 Å². The highest BCUT2D eigenvalue weighted by atomic mass is 16.5. The largest absolute Gasteiger partial charge is 0.501 e. The van der Waals surface area contributed by atoms with Gasteiger partial charge in [0, 0.05) is 12.3 Å². The first-order valence-corrected chi connectivity index (χ1v) is 9.63. The minimum Gasteiger partial charge on any atom is -0.501 e. The summed E-state index contributed by atoms with van der Waals surface area (Å²) in [5.41, 5.74) is 4.04. The van der Waals surface area contributed by atoms with Gasteiger partial charge in [0.05, 0.1) is 36.0 Å². The fraction of sp³-hybridized carbons (Fsp3) is 0.125. The van der Waals surface area contributed by atoms with Crippen molar-refractivity contribution in [2.75, 3.05) is 11.9 Å². The molecule has 0 unspecified atom stereocenters. The minimum atomic E-state index is 0.574. The number of hydrogen-bond acceptors (Lipinski definition) is 5. The van der Waals surface area contributed by atoms with Crippen LogP contribution in [0.2, 0.25) is 0 Å². The molecule has 2 aromatic carbocycles. The minimum absolute atomic E-state index is 0.574. The van der Waals surface area contributed by atoms with E-state index in [0.717, 1.165) is 33.5 Å². The van der Waals surface area contributed by atoms with Gasteiger partial charge in [-0.2, -0.15) is 0 Å². The van der Waals surface area contributed by atoms with Gasteiger partial charge in [0.25, 0.3) is 0 Å². The Balaban J connectivity index is 1.81. The highest BCUT2D eigenvalue weighted by Crippen LogP contribution is 2.32. The predicted octanol–water partition coefficient (Wildman–Crippen LogP) is 5.31. The summed E-state index contributed by atoms with van der Waals surface area (Å²) >= 11 is 0. The van der Waals surface area contributed by atoms with Crippen LogP contribution in [0.25, 0.3) is 28.1 Å². The lowest BCUT2D eigenvalue weighted by Gasteiger charge is -2.13. The maximum atomic E-state index is 5.32. The molecule has 0 spiro atoms. The molecule has 0 fully saturated rings. The molecule has 144 valence electrons. The van der Waals surface area contributed by atoms with Crippen molar-refractivity contribution in [2.45, 2.75) is 13.5 Å². The topological polar surface area (TPSA) is 59.9 Å². The molecule has 5 nitrogen and oxygen atoms in total. The first-order chi connectivity index (χ1) is 14.3. The van der Waals surface area contributed by atoms with Crippen molar-refractivity contribution in [1.29, 1.82) is 0 Å². The van der Waals surface area contributed by atoms with Crippen LogP contribution < -0.4 is 5.32 Å². The average molecular weight is 382 g/mol. The van der Waals surface area contributed by atoms with E-state index in [1.165, 1.54) is 0 Å². The van der Waals surface area contributed by atoms with Gasteiger partial charge in [-0.1, -0.05) is 48.5 Å². The smallest absolute Gasteiger partial charge is 0.158 e. The number of anilines is 1. The van der Waals surface area contributed by atoms with E-state index in [9.17, 15) is 0 Å². The third kappa shape index (κ3) is 4.41. The van der Waals surface area contributed by atoms with E-state index in [1.54, 1.807) is 18.5 Å². The van der Waals surface area contributed by atoms with Crippen LogP contribution in [0.5, 0.6) is 0 Å². The van der Waals surface area contributed by atoms with Crippen molar-refractivity contribution in [3.8, 4) is 11.1 Å². The van der Waals surface area contributed by atoms with Gasteiger partial charge >= 0.3 is 0 Å². The molecule has 0 aliphatic rings. The summed E-state index contributed by atoms with van der Waals surface area (Å²) in [5.74, 6) is 1.37. The number of nitrogens with one attached hydrogen (secondary N) is 1. The van der Waals surface area contributed by atoms with Gasteiger partial charge in [-0.3, -0.25) is 4.98 Å². The molecule has 2 heterocycles. The van der Waals surface area contributed by atoms with Gasteiger partial charge in [-0.25, -0.2) is 9.97 Å². The van der Waals surface area contributed by atoms with E-state index in [0.29, 0.717) is 19.0 Å². The summed E-state index contributed by atoms with van der Waals surface area (Å²) in [5, 5.41) is 4.45. The Labute approximate surface area is 170 Å². The highest BCUT2D eigenvalue weighted by molar-refractivity contribution is 6.02. The fourth-order valence-corrected chi connectivity index (χ4v) is 3.14.